The van der Waals surface area contributed by atoms with Crippen molar-refractivity contribution in [2.75, 3.05) is 10.0 Å². The third-order valence-electron chi connectivity index (χ3n) is 3.77. The number of carbonyl (C=O) groups excluding carboxylic acids is 1. The van der Waals surface area contributed by atoms with Crippen LogP contribution in [0.15, 0.2) is 65.7 Å². The highest BCUT2D eigenvalue weighted by atomic mass is 32.2. The fourth-order valence-corrected chi connectivity index (χ4v) is 4.18. The Bertz CT molecular complexity index is 1130. The molecule has 0 aliphatic rings. The summed E-state index contributed by atoms with van der Waals surface area (Å²) in [5.74, 6) is -0.700. The Morgan fingerprint density at radius 3 is 2.41 bits per heavy atom. The van der Waals surface area contributed by atoms with Gasteiger partial charge in [0, 0.05) is 23.5 Å². The molecule has 2 aromatic carbocycles. The van der Waals surface area contributed by atoms with Crippen molar-refractivity contribution in [2.24, 2.45) is 0 Å². The molecule has 29 heavy (non-hydrogen) atoms. The molecule has 0 spiro atoms. The van der Waals surface area contributed by atoms with E-state index < -0.39 is 15.8 Å². The number of aryl methyl sites for hydroxylation is 1. The van der Waals surface area contributed by atoms with Gasteiger partial charge in [0.05, 0.1) is 4.90 Å². The number of hydrogen-bond donors (Lipinski definition) is 2. The van der Waals surface area contributed by atoms with Gasteiger partial charge in [0.2, 0.25) is 5.13 Å². The van der Waals surface area contributed by atoms with Gasteiger partial charge in [0.25, 0.3) is 10.0 Å². The van der Waals surface area contributed by atoms with Crippen LogP contribution < -0.4 is 10.0 Å². The van der Waals surface area contributed by atoms with Crippen molar-refractivity contribution in [2.45, 2.75) is 18.2 Å². The van der Waals surface area contributed by atoms with E-state index in [0.717, 1.165) is 5.01 Å². The number of hydrogen-bond acceptors (Lipinski definition) is 7. The number of carbonyl (C=O) groups is 1. The lowest BCUT2D eigenvalue weighted by atomic mass is 10.1. The maximum absolute atomic E-state index is 12.9. The van der Waals surface area contributed by atoms with Crippen LogP contribution in [-0.2, 0) is 16.4 Å². The first-order chi connectivity index (χ1) is 13.9. The minimum atomic E-state index is -3.77. The number of aromatic nitrogens is 2. The standard InChI is InChI=1S/C19H17FN4O3S2/c1-2-18-22-23-19(28-18)24-29(26,27)16-9-7-15(8-10-16)21-12-11-17(25)13-3-5-14(20)6-4-13/h3-12,21H,2H2,1H3,(H,23,24)/b12-11-. The number of nitrogens with one attached hydrogen (secondary N) is 2. The second kappa shape index (κ2) is 8.93. The lowest BCUT2D eigenvalue weighted by Crippen LogP contribution is -2.12. The van der Waals surface area contributed by atoms with E-state index in [2.05, 4.69) is 20.2 Å². The summed E-state index contributed by atoms with van der Waals surface area (Å²) < 4.78 is 40.1. The number of rotatable bonds is 8. The second-order valence-corrected chi connectivity index (χ2v) is 8.58. The van der Waals surface area contributed by atoms with Crippen LogP contribution in [0, 0.1) is 5.82 Å². The topological polar surface area (TPSA) is 101 Å². The Hall–Kier alpha value is -3.11. The molecule has 0 bridgehead atoms. The smallest absolute Gasteiger partial charge is 0.263 e. The molecule has 150 valence electrons. The highest BCUT2D eigenvalue weighted by molar-refractivity contribution is 7.93. The molecule has 7 nitrogen and oxygen atoms in total. The fourth-order valence-electron chi connectivity index (χ4n) is 2.27. The van der Waals surface area contributed by atoms with Crippen LogP contribution in [0.2, 0.25) is 0 Å². The number of nitrogens with zero attached hydrogens (tertiary/aromatic N) is 2. The van der Waals surface area contributed by atoms with E-state index in [9.17, 15) is 17.6 Å². The van der Waals surface area contributed by atoms with Crippen molar-refractivity contribution in [3.05, 3.63) is 77.2 Å². The third-order valence-corrected chi connectivity index (χ3v) is 6.24. The van der Waals surface area contributed by atoms with Crippen molar-refractivity contribution in [1.29, 1.82) is 0 Å². The minimum Gasteiger partial charge on any atom is -0.362 e. The van der Waals surface area contributed by atoms with Crippen LogP contribution in [0.1, 0.15) is 22.3 Å². The Balaban J connectivity index is 1.61. The maximum atomic E-state index is 12.9. The summed E-state index contributed by atoms with van der Waals surface area (Å²) in [6, 6.07) is 11.2. The summed E-state index contributed by atoms with van der Waals surface area (Å²) in [6.45, 7) is 1.91. The molecule has 0 radical (unpaired) electrons. The summed E-state index contributed by atoms with van der Waals surface area (Å²) in [4.78, 5) is 12.1. The number of ketones is 1. The fraction of sp³-hybridized carbons (Fsp3) is 0.105. The maximum Gasteiger partial charge on any atom is 0.263 e. The van der Waals surface area contributed by atoms with Gasteiger partial charge in [0.15, 0.2) is 5.78 Å². The Kier molecular flexibility index (Phi) is 6.35. The molecule has 0 saturated carbocycles. The normalized spacial score (nSPS) is 11.5. The number of benzene rings is 2. The predicted molar refractivity (Wildman–Crippen MR) is 110 cm³/mol. The van der Waals surface area contributed by atoms with Crippen molar-refractivity contribution in [3.63, 3.8) is 0 Å². The minimum absolute atomic E-state index is 0.0719. The van der Waals surface area contributed by atoms with Crippen LogP contribution in [0.5, 0.6) is 0 Å². The van der Waals surface area contributed by atoms with E-state index in [-0.39, 0.29) is 15.8 Å². The van der Waals surface area contributed by atoms with Crippen LogP contribution in [0.4, 0.5) is 15.2 Å². The van der Waals surface area contributed by atoms with Gasteiger partial charge in [-0.2, -0.15) is 0 Å². The van der Waals surface area contributed by atoms with Crippen molar-refractivity contribution in [1.82, 2.24) is 10.2 Å². The highest BCUT2D eigenvalue weighted by Crippen LogP contribution is 2.21. The van der Waals surface area contributed by atoms with Crippen molar-refractivity contribution in [3.8, 4) is 0 Å². The van der Waals surface area contributed by atoms with E-state index >= 15 is 0 Å². The highest BCUT2D eigenvalue weighted by Gasteiger charge is 2.16. The number of anilines is 2. The van der Waals surface area contributed by atoms with E-state index in [0.29, 0.717) is 17.7 Å². The largest absolute Gasteiger partial charge is 0.362 e. The predicted octanol–water partition coefficient (Wildman–Crippen LogP) is 3.85. The van der Waals surface area contributed by atoms with Gasteiger partial charge in [-0.25, -0.2) is 12.8 Å². The number of sulfonamides is 1. The van der Waals surface area contributed by atoms with E-state index in [4.69, 9.17) is 0 Å². The SMILES string of the molecule is CCc1nnc(NS(=O)(=O)c2ccc(N/C=C\C(=O)c3ccc(F)cc3)cc2)s1. The molecule has 3 aromatic rings. The lowest BCUT2D eigenvalue weighted by molar-refractivity contribution is 0.104. The zero-order valence-corrected chi connectivity index (χ0v) is 16.9. The summed E-state index contributed by atoms with van der Waals surface area (Å²) in [5.41, 5.74) is 0.955. The average Bonchev–Trinajstić information content (AvgIpc) is 3.15. The second-order valence-electron chi connectivity index (χ2n) is 5.83. The molecule has 2 N–H and O–H groups in total. The summed E-state index contributed by atoms with van der Waals surface area (Å²) >= 11 is 1.18. The Morgan fingerprint density at radius 1 is 1.10 bits per heavy atom. The molecule has 1 aromatic heterocycles. The van der Waals surface area contributed by atoms with Crippen molar-refractivity contribution >= 4 is 38.0 Å². The first kappa shape index (κ1) is 20.6. The molecule has 3 rings (SSSR count). The first-order valence-electron chi connectivity index (χ1n) is 8.55. The molecule has 10 heteroatoms. The van der Waals surface area contributed by atoms with Gasteiger partial charge in [-0.1, -0.05) is 18.3 Å². The van der Waals surface area contributed by atoms with E-state index in [1.54, 1.807) is 12.1 Å². The van der Waals surface area contributed by atoms with Crippen LogP contribution in [0.25, 0.3) is 0 Å². The lowest BCUT2D eigenvalue weighted by Gasteiger charge is -2.06. The third kappa shape index (κ3) is 5.46. The molecule has 0 unspecified atom stereocenters. The van der Waals surface area contributed by atoms with Gasteiger partial charge >= 0.3 is 0 Å². The molecule has 0 atom stereocenters. The molecule has 0 aliphatic carbocycles. The molecule has 0 aliphatic heterocycles. The summed E-state index contributed by atoms with van der Waals surface area (Å²) in [7, 11) is -3.77. The molecule has 0 fully saturated rings. The molecular formula is C19H17FN4O3S2. The van der Waals surface area contributed by atoms with Crippen LogP contribution in [0.3, 0.4) is 0 Å². The van der Waals surface area contributed by atoms with Gasteiger partial charge < -0.3 is 5.32 Å². The van der Waals surface area contributed by atoms with Crippen molar-refractivity contribution < 1.29 is 17.6 Å². The summed E-state index contributed by atoms with van der Waals surface area (Å²) in [6.07, 6.45) is 3.41. The molecule has 0 amide bonds. The van der Waals surface area contributed by atoms with Crippen LogP contribution in [-0.4, -0.2) is 24.4 Å². The monoisotopic (exact) mass is 432 g/mol. The Morgan fingerprint density at radius 2 is 1.79 bits per heavy atom. The van der Waals surface area contributed by atoms with E-state index in [1.807, 2.05) is 6.92 Å². The Labute approximate surface area is 171 Å². The van der Waals surface area contributed by atoms with Crippen LogP contribution >= 0.6 is 11.3 Å². The number of halogens is 1. The van der Waals surface area contributed by atoms with Gasteiger partial charge in [-0.3, -0.25) is 9.52 Å². The average molecular weight is 433 g/mol. The van der Waals surface area contributed by atoms with E-state index in [1.165, 1.54) is 60.0 Å². The molecular weight excluding hydrogens is 415 g/mol. The molecule has 0 saturated heterocycles. The molecule has 1 heterocycles. The quantitative estimate of drug-likeness (QED) is 0.414. The zero-order chi connectivity index (χ0) is 20.9. The number of allylic oxidation sites excluding steroid dienone is 1. The summed E-state index contributed by atoms with van der Waals surface area (Å²) in [5, 5.41) is 11.5. The van der Waals surface area contributed by atoms with Gasteiger partial charge in [-0.05, 0) is 55.0 Å². The first-order valence-corrected chi connectivity index (χ1v) is 10.9. The van der Waals surface area contributed by atoms with Gasteiger partial charge in [0.1, 0.15) is 10.8 Å². The van der Waals surface area contributed by atoms with Gasteiger partial charge in [-0.15, -0.1) is 10.2 Å². The zero-order valence-electron chi connectivity index (χ0n) is 15.3.